The van der Waals surface area contributed by atoms with Gasteiger partial charge in [-0.15, -0.1) is 11.3 Å². The van der Waals surface area contributed by atoms with Crippen LogP contribution < -0.4 is 5.32 Å². The Bertz CT molecular complexity index is 415. The van der Waals surface area contributed by atoms with Crippen LogP contribution in [0.2, 0.25) is 0 Å². The molecule has 0 aliphatic heterocycles. The highest BCUT2D eigenvalue weighted by Gasteiger charge is 2.14. The second-order valence-electron chi connectivity index (χ2n) is 3.94. The van der Waals surface area contributed by atoms with Crippen LogP contribution in [0.25, 0.3) is 0 Å². The lowest BCUT2D eigenvalue weighted by Gasteiger charge is -2.09. The monoisotopic (exact) mass is 270 g/mol. The molecule has 1 N–H and O–H groups in total. The first kappa shape index (κ1) is 14.7. The van der Waals surface area contributed by atoms with Crippen LogP contribution >= 0.6 is 11.3 Å². The van der Waals surface area contributed by atoms with Crippen LogP contribution in [0, 0.1) is 0 Å². The van der Waals surface area contributed by atoms with Gasteiger partial charge >= 0.3 is 5.97 Å². The minimum atomic E-state index is -0.380. The van der Waals surface area contributed by atoms with Gasteiger partial charge in [-0.3, -0.25) is 4.79 Å². The van der Waals surface area contributed by atoms with Gasteiger partial charge in [0.2, 0.25) is 0 Å². The minimum absolute atomic E-state index is 0.155. The molecule has 0 aliphatic carbocycles. The van der Waals surface area contributed by atoms with Crippen LogP contribution in [-0.2, 0) is 4.74 Å². The molecule has 0 atom stereocenters. The summed E-state index contributed by atoms with van der Waals surface area (Å²) >= 11 is 1.15. The number of hydrogen-bond donors (Lipinski definition) is 1. The summed E-state index contributed by atoms with van der Waals surface area (Å²) in [5.41, 5.74) is 0. The maximum atomic E-state index is 11.7. The van der Waals surface area contributed by atoms with Gasteiger partial charge in [-0.1, -0.05) is 0 Å². The predicted molar refractivity (Wildman–Crippen MR) is 71.2 cm³/mol. The van der Waals surface area contributed by atoms with Crippen molar-refractivity contribution in [1.29, 1.82) is 0 Å². The quantitative estimate of drug-likeness (QED) is 0.790. The maximum Gasteiger partial charge on any atom is 0.348 e. The number of esters is 1. The summed E-state index contributed by atoms with van der Waals surface area (Å²) in [6.07, 6.45) is 0. The summed E-state index contributed by atoms with van der Waals surface area (Å²) in [5, 5.41) is 2.79. The summed E-state index contributed by atoms with van der Waals surface area (Å²) in [5.74, 6) is -0.535. The first-order valence-electron chi connectivity index (χ1n) is 5.74. The summed E-state index contributed by atoms with van der Waals surface area (Å²) < 4.78 is 4.87. The first-order chi connectivity index (χ1) is 8.54. The van der Waals surface area contributed by atoms with E-state index in [-0.39, 0.29) is 11.9 Å². The molecule has 100 valence electrons. The third-order valence-corrected chi connectivity index (χ3v) is 3.22. The summed E-state index contributed by atoms with van der Waals surface area (Å²) in [4.78, 5) is 26.1. The molecule has 0 aliphatic rings. The van der Waals surface area contributed by atoms with Crippen LogP contribution in [0.15, 0.2) is 12.1 Å². The molecule has 6 heteroatoms. The van der Waals surface area contributed by atoms with Gasteiger partial charge in [-0.05, 0) is 33.2 Å². The van der Waals surface area contributed by atoms with Gasteiger partial charge < -0.3 is 15.0 Å². The zero-order chi connectivity index (χ0) is 13.5. The van der Waals surface area contributed by atoms with Crippen molar-refractivity contribution in [3.63, 3.8) is 0 Å². The molecule has 18 heavy (non-hydrogen) atoms. The van der Waals surface area contributed by atoms with Crippen LogP contribution in [-0.4, -0.2) is 50.6 Å². The maximum absolute atomic E-state index is 11.7. The van der Waals surface area contributed by atoms with E-state index in [4.69, 9.17) is 4.74 Å². The SMILES string of the molecule is CCOC(=O)c1ccc(C(=O)NCCN(C)C)s1. The molecule has 1 aromatic rings. The molecule has 1 rings (SSSR count). The van der Waals surface area contributed by atoms with E-state index in [1.807, 2.05) is 19.0 Å². The number of carbonyl (C=O) groups excluding carboxylic acids is 2. The fraction of sp³-hybridized carbons (Fsp3) is 0.500. The lowest BCUT2D eigenvalue weighted by Crippen LogP contribution is -2.30. The van der Waals surface area contributed by atoms with Crippen LogP contribution in [0.4, 0.5) is 0 Å². The molecule has 0 aromatic carbocycles. The summed E-state index contributed by atoms with van der Waals surface area (Å²) in [7, 11) is 3.88. The molecule has 0 saturated carbocycles. The van der Waals surface area contributed by atoms with Gasteiger partial charge in [0.05, 0.1) is 11.5 Å². The van der Waals surface area contributed by atoms with E-state index in [2.05, 4.69) is 5.32 Å². The van der Waals surface area contributed by atoms with Gasteiger partial charge in [0.15, 0.2) is 0 Å². The molecule has 1 heterocycles. The van der Waals surface area contributed by atoms with E-state index < -0.39 is 0 Å². The van der Waals surface area contributed by atoms with Gasteiger partial charge in [-0.2, -0.15) is 0 Å². The van der Waals surface area contributed by atoms with Crippen molar-refractivity contribution in [2.24, 2.45) is 0 Å². The predicted octanol–water partition coefficient (Wildman–Crippen LogP) is 1.22. The van der Waals surface area contributed by atoms with Gasteiger partial charge in [0.25, 0.3) is 5.91 Å². The van der Waals surface area contributed by atoms with E-state index in [9.17, 15) is 9.59 Å². The molecule has 0 saturated heterocycles. The smallest absolute Gasteiger partial charge is 0.348 e. The number of ether oxygens (including phenoxy) is 1. The Morgan fingerprint density at radius 3 is 2.61 bits per heavy atom. The van der Waals surface area contributed by atoms with E-state index >= 15 is 0 Å². The molecule has 0 unspecified atom stereocenters. The van der Waals surface area contributed by atoms with Crippen molar-refractivity contribution >= 4 is 23.2 Å². The Hall–Kier alpha value is -1.40. The van der Waals surface area contributed by atoms with E-state index in [1.165, 1.54) is 0 Å². The second kappa shape index (κ2) is 7.13. The molecule has 1 amide bonds. The third kappa shape index (κ3) is 4.46. The number of nitrogens with one attached hydrogen (secondary N) is 1. The van der Waals surface area contributed by atoms with E-state index in [0.717, 1.165) is 17.9 Å². The number of rotatable bonds is 6. The van der Waals surface area contributed by atoms with Gasteiger partial charge in [-0.25, -0.2) is 4.79 Å². The lowest BCUT2D eigenvalue weighted by molar-refractivity contribution is 0.0532. The molecular weight excluding hydrogens is 252 g/mol. The average Bonchev–Trinajstić information content (AvgIpc) is 2.78. The standard InChI is InChI=1S/C12H18N2O3S/c1-4-17-12(16)10-6-5-9(18-10)11(15)13-7-8-14(2)3/h5-6H,4,7-8H2,1-3H3,(H,13,15). The molecule has 0 bridgehead atoms. The highest BCUT2D eigenvalue weighted by molar-refractivity contribution is 7.15. The van der Waals surface area contributed by atoms with Crippen molar-refractivity contribution in [3.8, 4) is 0 Å². The zero-order valence-electron chi connectivity index (χ0n) is 10.9. The number of nitrogens with zero attached hydrogens (tertiary/aromatic N) is 1. The Balaban J connectivity index is 2.51. The Morgan fingerprint density at radius 1 is 1.33 bits per heavy atom. The number of hydrogen-bond acceptors (Lipinski definition) is 5. The van der Waals surface area contributed by atoms with Crippen molar-refractivity contribution in [2.45, 2.75) is 6.92 Å². The van der Waals surface area contributed by atoms with E-state index in [1.54, 1.807) is 19.1 Å². The van der Waals surface area contributed by atoms with Crippen LogP contribution in [0.5, 0.6) is 0 Å². The summed E-state index contributed by atoms with van der Waals surface area (Å²) in [6, 6.07) is 3.26. The Morgan fingerprint density at radius 2 is 2.00 bits per heavy atom. The minimum Gasteiger partial charge on any atom is -0.462 e. The number of thiophene rings is 1. The first-order valence-corrected chi connectivity index (χ1v) is 6.56. The zero-order valence-corrected chi connectivity index (χ0v) is 11.7. The second-order valence-corrected chi connectivity index (χ2v) is 5.03. The molecule has 0 spiro atoms. The van der Waals surface area contributed by atoms with Gasteiger partial charge in [0, 0.05) is 13.1 Å². The van der Waals surface area contributed by atoms with Crippen molar-refractivity contribution in [1.82, 2.24) is 10.2 Å². The molecule has 0 radical (unpaired) electrons. The largest absolute Gasteiger partial charge is 0.462 e. The third-order valence-electron chi connectivity index (χ3n) is 2.15. The molecular formula is C12H18N2O3S. The van der Waals surface area contributed by atoms with Crippen LogP contribution in [0.1, 0.15) is 26.3 Å². The highest BCUT2D eigenvalue weighted by Crippen LogP contribution is 2.17. The Labute approximate surface area is 111 Å². The van der Waals surface area contributed by atoms with Gasteiger partial charge in [0.1, 0.15) is 4.88 Å². The number of likely N-dealkylation sites (N-methyl/N-ethyl adjacent to an activating group) is 1. The van der Waals surface area contributed by atoms with Crippen molar-refractivity contribution in [2.75, 3.05) is 33.8 Å². The van der Waals surface area contributed by atoms with Crippen LogP contribution in [0.3, 0.4) is 0 Å². The number of amides is 1. The molecule has 1 aromatic heterocycles. The molecule has 5 nitrogen and oxygen atoms in total. The summed E-state index contributed by atoms with van der Waals surface area (Å²) in [6.45, 7) is 3.45. The highest BCUT2D eigenvalue weighted by atomic mass is 32.1. The fourth-order valence-electron chi connectivity index (χ4n) is 1.25. The topological polar surface area (TPSA) is 58.6 Å². The average molecular weight is 270 g/mol. The van der Waals surface area contributed by atoms with Crippen molar-refractivity contribution < 1.29 is 14.3 Å². The Kier molecular flexibility index (Phi) is 5.80. The normalized spacial score (nSPS) is 10.4. The van der Waals surface area contributed by atoms with Crippen molar-refractivity contribution in [3.05, 3.63) is 21.9 Å². The molecule has 0 fully saturated rings. The number of carbonyl (C=O) groups is 2. The van der Waals surface area contributed by atoms with E-state index in [0.29, 0.717) is 22.9 Å². The lowest BCUT2D eigenvalue weighted by atomic mass is 10.4. The fourth-order valence-corrected chi connectivity index (χ4v) is 2.07.